The molecule has 0 bridgehead atoms. The molecule has 2 amide bonds. The minimum Gasteiger partial charge on any atom is -0.493 e. The lowest BCUT2D eigenvalue weighted by atomic mass is 10.1. The highest BCUT2D eigenvalue weighted by Crippen LogP contribution is 2.38. The topological polar surface area (TPSA) is 98.2 Å². The van der Waals surface area contributed by atoms with Crippen LogP contribution >= 0.6 is 11.3 Å². The van der Waals surface area contributed by atoms with Gasteiger partial charge in [0.25, 0.3) is 11.8 Å². The van der Waals surface area contributed by atoms with Gasteiger partial charge >= 0.3 is 0 Å². The summed E-state index contributed by atoms with van der Waals surface area (Å²) in [5, 5.41) is 8.63. The van der Waals surface area contributed by atoms with Crippen LogP contribution in [0, 0.1) is 0 Å². The molecule has 9 heteroatoms. The van der Waals surface area contributed by atoms with Crippen LogP contribution in [0.1, 0.15) is 25.6 Å². The van der Waals surface area contributed by atoms with Crippen molar-refractivity contribution < 1.29 is 23.8 Å². The number of benzene rings is 2. The average molecular weight is 439 g/mol. The molecule has 2 aromatic carbocycles. The number of amides is 2. The second-order valence-corrected chi connectivity index (χ2v) is 7.14. The lowest BCUT2D eigenvalue weighted by molar-refractivity contribution is 0.0954. The zero-order valence-corrected chi connectivity index (χ0v) is 18.0. The van der Waals surface area contributed by atoms with E-state index in [-0.39, 0.29) is 11.8 Å². The monoisotopic (exact) mass is 439 g/mol. The van der Waals surface area contributed by atoms with E-state index < -0.39 is 0 Å². The zero-order valence-electron chi connectivity index (χ0n) is 17.2. The van der Waals surface area contributed by atoms with Crippen LogP contribution in [0.25, 0.3) is 0 Å². The van der Waals surface area contributed by atoms with Crippen molar-refractivity contribution in [3.05, 3.63) is 69.9 Å². The van der Waals surface area contributed by atoms with Gasteiger partial charge in [-0.25, -0.2) is 5.43 Å². The van der Waals surface area contributed by atoms with Gasteiger partial charge in [-0.2, -0.15) is 5.10 Å². The molecule has 0 spiro atoms. The fourth-order valence-electron chi connectivity index (χ4n) is 2.70. The van der Waals surface area contributed by atoms with E-state index in [1.54, 1.807) is 42.6 Å². The largest absolute Gasteiger partial charge is 0.493 e. The molecular weight excluding hydrogens is 418 g/mol. The smallest absolute Gasteiger partial charge is 0.271 e. The molecule has 0 aliphatic heterocycles. The Morgan fingerprint density at radius 2 is 1.58 bits per heavy atom. The third kappa shape index (κ3) is 5.40. The van der Waals surface area contributed by atoms with Crippen LogP contribution in [-0.4, -0.2) is 39.4 Å². The normalized spacial score (nSPS) is 10.5. The van der Waals surface area contributed by atoms with Crippen LogP contribution in [0.3, 0.4) is 0 Å². The van der Waals surface area contributed by atoms with E-state index in [9.17, 15) is 9.59 Å². The Bertz CT molecular complexity index is 1050. The molecule has 0 radical (unpaired) electrons. The van der Waals surface area contributed by atoms with Gasteiger partial charge in [0.05, 0.1) is 27.5 Å². The Balaban J connectivity index is 1.66. The summed E-state index contributed by atoms with van der Waals surface area (Å²) in [5.74, 6) is 0.440. The molecule has 0 saturated carbocycles. The number of anilines is 1. The summed E-state index contributed by atoms with van der Waals surface area (Å²) in [7, 11) is 4.45. The summed E-state index contributed by atoms with van der Waals surface area (Å²) in [4.78, 5) is 25.8. The van der Waals surface area contributed by atoms with E-state index in [4.69, 9.17) is 14.2 Å². The molecule has 1 aromatic heterocycles. The highest BCUT2D eigenvalue weighted by molar-refractivity contribution is 7.11. The van der Waals surface area contributed by atoms with Crippen LogP contribution in [0.2, 0.25) is 0 Å². The highest BCUT2D eigenvalue weighted by Gasteiger charge is 2.17. The second-order valence-electron chi connectivity index (χ2n) is 6.16. The number of ether oxygens (including phenoxy) is 3. The number of hydrazone groups is 1. The molecule has 0 aliphatic rings. The summed E-state index contributed by atoms with van der Waals surface area (Å²) < 4.78 is 15.8. The fraction of sp³-hybridized carbons (Fsp3) is 0.136. The molecule has 160 valence electrons. The quantitative estimate of drug-likeness (QED) is 0.411. The molecule has 0 aliphatic carbocycles. The van der Waals surface area contributed by atoms with Crippen LogP contribution in [0.15, 0.2) is 59.0 Å². The summed E-state index contributed by atoms with van der Waals surface area (Å²) in [5.41, 5.74) is 3.74. The number of hydrogen-bond donors (Lipinski definition) is 2. The number of carbonyl (C=O) groups is 2. The minimum absolute atomic E-state index is 0.333. The molecule has 1 heterocycles. The number of nitrogens with one attached hydrogen (secondary N) is 2. The first-order valence-electron chi connectivity index (χ1n) is 9.14. The van der Waals surface area contributed by atoms with Gasteiger partial charge < -0.3 is 19.5 Å². The van der Waals surface area contributed by atoms with Gasteiger partial charge in [-0.15, -0.1) is 11.3 Å². The van der Waals surface area contributed by atoms with Gasteiger partial charge in [0.2, 0.25) is 5.75 Å². The Morgan fingerprint density at radius 1 is 0.903 bits per heavy atom. The van der Waals surface area contributed by atoms with E-state index >= 15 is 0 Å². The number of rotatable bonds is 8. The Morgan fingerprint density at radius 3 is 2.13 bits per heavy atom. The first-order chi connectivity index (χ1) is 15.0. The van der Waals surface area contributed by atoms with Crippen LogP contribution in [0.4, 0.5) is 5.69 Å². The summed E-state index contributed by atoms with van der Waals surface area (Å²) in [6.07, 6.45) is 1.58. The van der Waals surface area contributed by atoms with E-state index in [1.165, 1.54) is 32.7 Å². The summed E-state index contributed by atoms with van der Waals surface area (Å²) >= 11 is 1.52. The van der Waals surface area contributed by atoms with Crippen molar-refractivity contribution >= 4 is 35.1 Å². The fourth-order valence-corrected chi connectivity index (χ4v) is 3.29. The van der Waals surface area contributed by atoms with Gasteiger partial charge in [0.15, 0.2) is 11.5 Å². The molecule has 2 N–H and O–H groups in total. The highest BCUT2D eigenvalue weighted by atomic mass is 32.1. The standard InChI is InChI=1S/C22H21N3O5S/c1-28-18-11-15(12-19(29-2)20(18)30-3)21(26)24-16-8-6-14(7-9-16)22(27)25-23-13-17-5-4-10-31-17/h4-13H,1-3H3,(H,24,26)(H,25,27)/b23-13-. The minimum atomic E-state index is -0.364. The van der Waals surface area contributed by atoms with E-state index in [1.807, 2.05) is 17.5 Å². The number of methoxy groups -OCH3 is 3. The van der Waals surface area contributed by atoms with Gasteiger partial charge in [0, 0.05) is 21.7 Å². The second kappa shape index (κ2) is 10.3. The van der Waals surface area contributed by atoms with Crippen LogP contribution < -0.4 is 25.0 Å². The molecule has 0 atom stereocenters. The van der Waals surface area contributed by atoms with Crippen molar-refractivity contribution in [2.45, 2.75) is 0 Å². The number of thiophene rings is 1. The predicted molar refractivity (Wildman–Crippen MR) is 120 cm³/mol. The SMILES string of the molecule is COc1cc(C(=O)Nc2ccc(C(=O)N/N=C\c3cccs3)cc2)cc(OC)c1OC. The van der Waals surface area contributed by atoms with E-state index in [2.05, 4.69) is 15.8 Å². The Hall–Kier alpha value is -3.85. The molecule has 0 fully saturated rings. The molecule has 8 nitrogen and oxygen atoms in total. The maximum atomic E-state index is 12.7. The number of nitrogens with zero attached hydrogens (tertiary/aromatic N) is 1. The lowest BCUT2D eigenvalue weighted by Gasteiger charge is -2.14. The molecule has 3 aromatic rings. The van der Waals surface area contributed by atoms with Crippen molar-refractivity contribution in [3.8, 4) is 17.2 Å². The van der Waals surface area contributed by atoms with Crippen molar-refractivity contribution in [3.63, 3.8) is 0 Å². The number of hydrogen-bond acceptors (Lipinski definition) is 7. The molecule has 3 rings (SSSR count). The molecule has 0 unspecified atom stereocenters. The Labute approximate surface area is 183 Å². The Kier molecular flexibility index (Phi) is 7.23. The van der Waals surface area contributed by atoms with Crippen molar-refractivity contribution in [2.75, 3.05) is 26.6 Å². The van der Waals surface area contributed by atoms with E-state index in [0.29, 0.717) is 34.1 Å². The first-order valence-corrected chi connectivity index (χ1v) is 10.0. The van der Waals surface area contributed by atoms with Gasteiger partial charge in [0.1, 0.15) is 0 Å². The average Bonchev–Trinajstić information content (AvgIpc) is 3.31. The maximum absolute atomic E-state index is 12.7. The third-order valence-electron chi connectivity index (χ3n) is 4.23. The van der Waals surface area contributed by atoms with E-state index in [0.717, 1.165) is 4.88 Å². The zero-order chi connectivity index (χ0) is 22.2. The molecular formula is C22H21N3O5S. The summed E-state index contributed by atoms with van der Waals surface area (Å²) in [6.45, 7) is 0. The maximum Gasteiger partial charge on any atom is 0.271 e. The van der Waals surface area contributed by atoms with Crippen LogP contribution in [0.5, 0.6) is 17.2 Å². The summed E-state index contributed by atoms with van der Waals surface area (Å²) in [6, 6.07) is 13.4. The van der Waals surface area contributed by atoms with Gasteiger partial charge in [-0.05, 0) is 47.8 Å². The third-order valence-corrected chi connectivity index (χ3v) is 5.04. The van der Waals surface area contributed by atoms with Gasteiger partial charge in [-0.1, -0.05) is 6.07 Å². The van der Waals surface area contributed by atoms with Gasteiger partial charge in [-0.3, -0.25) is 9.59 Å². The predicted octanol–water partition coefficient (Wildman–Crippen LogP) is 3.79. The first kappa shape index (κ1) is 21.8. The van der Waals surface area contributed by atoms with Crippen molar-refractivity contribution in [2.24, 2.45) is 5.10 Å². The van der Waals surface area contributed by atoms with Crippen molar-refractivity contribution in [1.29, 1.82) is 0 Å². The van der Waals surface area contributed by atoms with Crippen molar-refractivity contribution in [1.82, 2.24) is 5.43 Å². The lowest BCUT2D eigenvalue weighted by Crippen LogP contribution is -2.17. The molecule has 31 heavy (non-hydrogen) atoms. The van der Waals surface area contributed by atoms with Crippen LogP contribution in [-0.2, 0) is 0 Å². The number of carbonyl (C=O) groups excluding carboxylic acids is 2. The molecule has 0 saturated heterocycles.